The summed E-state index contributed by atoms with van der Waals surface area (Å²) in [5.41, 5.74) is 1.25. The van der Waals surface area contributed by atoms with E-state index in [0.717, 1.165) is 31.2 Å². The van der Waals surface area contributed by atoms with E-state index < -0.39 is 5.97 Å². The van der Waals surface area contributed by atoms with Crippen LogP contribution in [0.1, 0.15) is 44.1 Å². The number of esters is 2. The fourth-order valence-electron chi connectivity index (χ4n) is 3.17. The number of rotatable bonds is 8. The van der Waals surface area contributed by atoms with E-state index in [-0.39, 0.29) is 37.0 Å². The number of carbonyl (C=O) groups excluding carboxylic acids is 2. The van der Waals surface area contributed by atoms with Crippen molar-refractivity contribution in [3.63, 3.8) is 0 Å². The fourth-order valence-corrected chi connectivity index (χ4v) is 3.17. The van der Waals surface area contributed by atoms with Crippen LogP contribution in [0.4, 0.5) is 10.1 Å². The summed E-state index contributed by atoms with van der Waals surface area (Å²) in [5.74, 6) is -0.759. The zero-order valence-corrected chi connectivity index (χ0v) is 15.3. The van der Waals surface area contributed by atoms with Crippen molar-refractivity contribution in [1.82, 2.24) is 0 Å². The Morgan fingerprint density at radius 1 is 1.23 bits per heavy atom. The summed E-state index contributed by atoms with van der Waals surface area (Å²) in [6.07, 6.45) is 3.23. The highest BCUT2D eigenvalue weighted by Crippen LogP contribution is 2.37. The maximum absolute atomic E-state index is 14.3. The Kier molecular flexibility index (Phi) is 7.84. The molecular formula is C19H26FNO5. The number of nitrogens with one attached hydrogen (secondary N) is 1. The quantitative estimate of drug-likeness (QED) is 0.432. The number of ether oxygens (including phenoxy) is 3. The summed E-state index contributed by atoms with van der Waals surface area (Å²) in [4.78, 5) is 22.7. The van der Waals surface area contributed by atoms with Gasteiger partial charge < -0.3 is 19.5 Å². The molecule has 6 nitrogen and oxygen atoms in total. The summed E-state index contributed by atoms with van der Waals surface area (Å²) in [5, 5.41) is 2.79. The third-order valence-electron chi connectivity index (χ3n) is 4.62. The average molecular weight is 367 g/mol. The Bertz CT molecular complexity index is 614. The van der Waals surface area contributed by atoms with E-state index in [1.165, 1.54) is 13.2 Å². The number of halogens is 1. The van der Waals surface area contributed by atoms with Gasteiger partial charge in [-0.1, -0.05) is 6.07 Å². The Morgan fingerprint density at radius 2 is 1.96 bits per heavy atom. The highest BCUT2D eigenvalue weighted by molar-refractivity contribution is 5.72. The van der Waals surface area contributed by atoms with Crippen molar-refractivity contribution in [2.45, 2.75) is 38.5 Å². The van der Waals surface area contributed by atoms with E-state index >= 15 is 0 Å². The van der Waals surface area contributed by atoms with E-state index in [2.05, 4.69) is 10.1 Å². The smallest absolute Gasteiger partial charge is 0.331 e. The van der Waals surface area contributed by atoms with Crippen molar-refractivity contribution in [3.05, 3.63) is 29.6 Å². The lowest BCUT2D eigenvalue weighted by Crippen LogP contribution is -2.23. The molecule has 0 bridgehead atoms. The monoisotopic (exact) mass is 367 g/mol. The number of benzene rings is 1. The highest BCUT2D eigenvalue weighted by atomic mass is 19.1. The summed E-state index contributed by atoms with van der Waals surface area (Å²) in [6, 6.07) is 5.09. The maximum Gasteiger partial charge on any atom is 0.331 e. The molecule has 0 saturated heterocycles. The second-order valence-corrected chi connectivity index (χ2v) is 6.29. The normalized spacial score (nSPS) is 19.7. The first-order chi connectivity index (χ1) is 12.5. The molecule has 1 aliphatic rings. The van der Waals surface area contributed by atoms with Gasteiger partial charge >= 0.3 is 11.9 Å². The van der Waals surface area contributed by atoms with Gasteiger partial charge in [0.1, 0.15) is 19.2 Å². The summed E-state index contributed by atoms with van der Waals surface area (Å²) >= 11 is 0. The van der Waals surface area contributed by atoms with Crippen LogP contribution in [0, 0.1) is 11.7 Å². The minimum atomic E-state index is -0.485. The molecule has 0 radical (unpaired) electrons. The van der Waals surface area contributed by atoms with Crippen LogP contribution in [0.2, 0.25) is 0 Å². The second-order valence-electron chi connectivity index (χ2n) is 6.29. The Labute approximate surface area is 153 Å². The van der Waals surface area contributed by atoms with E-state index in [1.807, 2.05) is 13.0 Å². The number of anilines is 1. The minimum absolute atomic E-state index is 0.00994. The zero-order valence-electron chi connectivity index (χ0n) is 15.3. The minimum Gasteiger partial charge on any atom is -0.467 e. The van der Waals surface area contributed by atoms with Crippen LogP contribution in [0.5, 0.6) is 0 Å². The van der Waals surface area contributed by atoms with Gasteiger partial charge in [-0.3, -0.25) is 4.79 Å². The molecule has 144 valence electrons. The van der Waals surface area contributed by atoms with Gasteiger partial charge in [0, 0.05) is 0 Å². The van der Waals surface area contributed by atoms with Crippen molar-refractivity contribution in [3.8, 4) is 0 Å². The molecular weight excluding hydrogens is 341 g/mol. The van der Waals surface area contributed by atoms with Crippen molar-refractivity contribution in [1.29, 1.82) is 0 Å². The maximum atomic E-state index is 14.3. The third-order valence-corrected chi connectivity index (χ3v) is 4.62. The highest BCUT2D eigenvalue weighted by Gasteiger charge is 2.28. The Hall–Kier alpha value is -2.15. The van der Waals surface area contributed by atoms with Gasteiger partial charge in [0.2, 0.25) is 0 Å². The number of methoxy groups -OCH3 is 1. The van der Waals surface area contributed by atoms with Gasteiger partial charge in [-0.15, -0.1) is 0 Å². The summed E-state index contributed by atoms with van der Waals surface area (Å²) < 4.78 is 28.9. The zero-order chi connectivity index (χ0) is 18.9. The molecule has 1 N–H and O–H groups in total. The summed E-state index contributed by atoms with van der Waals surface area (Å²) in [6.45, 7) is 2.03. The van der Waals surface area contributed by atoms with Crippen molar-refractivity contribution < 1.29 is 28.2 Å². The second kappa shape index (κ2) is 10.1. The summed E-state index contributed by atoms with van der Waals surface area (Å²) in [7, 11) is 1.28. The van der Waals surface area contributed by atoms with Gasteiger partial charge in [0.15, 0.2) is 0 Å². The molecule has 1 aliphatic carbocycles. The lowest BCUT2D eigenvalue weighted by Gasteiger charge is -2.27. The van der Waals surface area contributed by atoms with Gasteiger partial charge in [-0.25, -0.2) is 9.18 Å². The standard InChI is InChI=1S/C19H26FNO5/c1-3-26-19(23)14-6-4-13(5-7-14)15-8-9-17(16(20)10-15)21-12-25-11-18(22)24-2/h8-10,13-14,21H,3-7,11-12H2,1-2H3. The van der Waals surface area contributed by atoms with Crippen LogP contribution in [0.15, 0.2) is 18.2 Å². The number of hydrogen-bond donors (Lipinski definition) is 1. The van der Waals surface area contributed by atoms with E-state index in [9.17, 15) is 14.0 Å². The molecule has 7 heteroatoms. The van der Waals surface area contributed by atoms with Gasteiger partial charge in [0.25, 0.3) is 0 Å². The molecule has 1 aromatic rings. The Balaban J connectivity index is 1.83. The van der Waals surface area contributed by atoms with Crippen LogP contribution in [-0.4, -0.2) is 39.0 Å². The molecule has 1 saturated carbocycles. The molecule has 0 aromatic heterocycles. The fraction of sp³-hybridized carbons (Fsp3) is 0.579. The molecule has 0 amide bonds. The van der Waals surface area contributed by atoms with Crippen LogP contribution >= 0.6 is 0 Å². The van der Waals surface area contributed by atoms with Gasteiger partial charge in [-0.05, 0) is 56.2 Å². The van der Waals surface area contributed by atoms with Crippen molar-refractivity contribution in [2.75, 3.05) is 32.4 Å². The van der Waals surface area contributed by atoms with Crippen LogP contribution in [0.3, 0.4) is 0 Å². The number of hydrogen-bond acceptors (Lipinski definition) is 6. The van der Waals surface area contributed by atoms with E-state index in [0.29, 0.717) is 12.3 Å². The predicted molar refractivity (Wildman–Crippen MR) is 94.2 cm³/mol. The third kappa shape index (κ3) is 5.69. The molecule has 1 aromatic carbocycles. The van der Waals surface area contributed by atoms with Crippen molar-refractivity contribution in [2.24, 2.45) is 5.92 Å². The van der Waals surface area contributed by atoms with Crippen LogP contribution in [-0.2, 0) is 23.8 Å². The first-order valence-corrected chi connectivity index (χ1v) is 8.89. The molecule has 0 aliphatic heterocycles. The number of carbonyl (C=O) groups is 2. The Morgan fingerprint density at radius 3 is 2.58 bits per heavy atom. The molecule has 2 rings (SSSR count). The lowest BCUT2D eigenvalue weighted by atomic mass is 9.78. The molecule has 1 fully saturated rings. The molecule has 0 heterocycles. The van der Waals surface area contributed by atoms with Crippen molar-refractivity contribution >= 4 is 17.6 Å². The van der Waals surface area contributed by atoms with E-state index in [1.54, 1.807) is 6.07 Å². The first kappa shape index (κ1) is 20.2. The molecule has 0 atom stereocenters. The van der Waals surface area contributed by atoms with Gasteiger partial charge in [-0.2, -0.15) is 0 Å². The van der Waals surface area contributed by atoms with Crippen LogP contribution in [0.25, 0.3) is 0 Å². The molecule has 0 unspecified atom stereocenters. The van der Waals surface area contributed by atoms with E-state index in [4.69, 9.17) is 9.47 Å². The van der Waals surface area contributed by atoms with Gasteiger partial charge in [0.05, 0.1) is 25.3 Å². The molecule has 26 heavy (non-hydrogen) atoms. The largest absolute Gasteiger partial charge is 0.467 e. The van der Waals surface area contributed by atoms with Crippen LogP contribution < -0.4 is 5.32 Å². The first-order valence-electron chi connectivity index (χ1n) is 8.89. The molecule has 0 spiro atoms. The predicted octanol–water partition coefficient (Wildman–Crippen LogP) is 3.22. The lowest BCUT2D eigenvalue weighted by molar-refractivity contribution is -0.149. The average Bonchev–Trinajstić information content (AvgIpc) is 2.66. The topological polar surface area (TPSA) is 73.9 Å². The SMILES string of the molecule is CCOC(=O)C1CCC(c2ccc(NCOCC(=O)OC)c(F)c2)CC1.